The van der Waals surface area contributed by atoms with E-state index in [-0.39, 0.29) is 6.42 Å². The van der Waals surface area contributed by atoms with Crippen molar-refractivity contribution in [3.8, 4) is 0 Å². The molecule has 0 saturated heterocycles. The van der Waals surface area contributed by atoms with Crippen LogP contribution >= 0.6 is 0 Å². The van der Waals surface area contributed by atoms with Gasteiger partial charge in [-0.3, -0.25) is 0 Å². The van der Waals surface area contributed by atoms with E-state index in [0.717, 1.165) is 25.3 Å². The summed E-state index contributed by atoms with van der Waals surface area (Å²) in [7, 11) is 0. The molecular weight excluding hydrogens is 258 g/mol. The van der Waals surface area contributed by atoms with Gasteiger partial charge in [-0.05, 0) is 36.8 Å². The Morgan fingerprint density at radius 1 is 1.25 bits per heavy atom. The van der Waals surface area contributed by atoms with Crippen molar-refractivity contribution in [2.45, 2.75) is 63.9 Å². The van der Waals surface area contributed by atoms with Crippen LogP contribution in [0.4, 0.5) is 8.78 Å². The molecule has 0 amide bonds. The number of hydrogen-bond donors (Lipinski definition) is 1. The van der Waals surface area contributed by atoms with Crippen molar-refractivity contribution < 1.29 is 13.9 Å². The van der Waals surface area contributed by atoms with Crippen molar-refractivity contribution in [1.82, 2.24) is 0 Å². The number of halogens is 2. The molecule has 1 aliphatic carbocycles. The van der Waals surface area contributed by atoms with Gasteiger partial charge in [-0.2, -0.15) is 0 Å². The molecule has 2 unspecified atom stereocenters. The maximum absolute atomic E-state index is 13.7. The highest BCUT2D eigenvalue weighted by molar-refractivity contribution is 5.20. The van der Waals surface area contributed by atoms with E-state index in [1.807, 2.05) is 0 Å². The predicted molar refractivity (Wildman–Crippen MR) is 76.5 cm³/mol. The molecule has 3 heteroatoms. The summed E-state index contributed by atoms with van der Waals surface area (Å²) < 4.78 is 26.6. The Hall–Kier alpha value is -0.960. The highest BCUT2D eigenvalue weighted by Gasteiger charge is 2.31. The Morgan fingerprint density at radius 2 is 2.05 bits per heavy atom. The molecule has 20 heavy (non-hydrogen) atoms. The molecule has 1 saturated carbocycles. The second-order valence-electron chi connectivity index (χ2n) is 6.22. The van der Waals surface area contributed by atoms with Crippen LogP contribution in [0.3, 0.4) is 0 Å². The predicted octanol–water partition coefficient (Wildman–Crippen LogP) is 4.62. The van der Waals surface area contributed by atoms with E-state index >= 15 is 0 Å². The third-order valence-electron chi connectivity index (χ3n) is 4.50. The second kappa shape index (κ2) is 6.66. The number of rotatable bonds is 4. The van der Waals surface area contributed by atoms with E-state index in [1.54, 1.807) is 0 Å². The summed E-state index contributed by atoms with van der Waals surface area (Å²) in [6, 6.07) is 3.62. The highest BCUT2D eigenvalue weighted by Crippen LogP contribution is 2.35. The molecule has 1 aromatic carbocycles. The molecule has 1 fully saturated rings. The molecule has 1 aromatic rings. The first-order valence-electron chi connectivity index (χ1n) is 7.69. The van der Waals surface area contributed by atoms with Gasteiger partial charge in [0.05, 0.1) is 5.60 Å². The molecule has 1 nitrogen and oxygen atoms in total. The molecular formula is C17H24F2O. The lowest BCUT2D eigenvalue weighted by Crippen LogP contribution is -2.31. The molecule has 0 bridgehead atoms. The number of aliphatic hydroxyl groups is 1. The summed E-state index contributed by atoms with van der Waals surface area (Å²) in [5.41, 5.74) is -0.413. The fraction of sp³-hybridized carbons (Fsp3) is 0.647. The minimum atomic E-state index is -0.832. The van der Waals surface area contributed by atoms with Crippen LogP contribution < -0.4 is 0 Å². The van der Waals surface area contributed by atoms with Gasteiger partial charge >= 0.3 is 0 Å². The summed E-state index contributed by atoms with van der Waals surface area (Å²) in [5.74, 6) is -0.429. The lowest BCUT2D eigenvalue weighted by molar-refractivity contribution is 0.0233. The first-order valence-corrected chi connectivity index (χ1v) is 7.69. The monoisotopic (exact) mass is 282 g/mol. The van der Waals surface area contributed by atoms with Crippen LogP contribution in [-0.2, 0) is 6.42 Å². The Labute approximate surface area is 120 Å². The van der Waals surface area contributed by atoms with Gasteiger partial charge in [0.25, 0.3) is 0 Å². The maximum atomic E-state index is 13.7. The van der Waals surface area contributed by atoms with E-state index in [1.165, 1.54) is 25.0 Å². The van der Waals surface area contributed by atoms with Gasteiger partial charge < -0.3 is 5.11 Å². The van der Waals surface area contributed by atoms with Crippen molar-refractivity contribution in [3.05, 3.63) is 35.4 Å². The van der Waals surface area contributed by atoms with Gasteiger partial charge in [0, 0.05) is 12.5 Å². The van der Waals surface area contributed by atoms with Gasteiger partial charge in [-0.25, -0.2) is 8.78 Å². The zero-order valence-electron chi connectivity index (χ0n) is 12.2. The van der Waals surface area contributed by atoms with E-state index in [2.05, 4.69) is 6.92 Å². The van der Waals surface area contributed by atoms with Crippen LogP contribution in [0.1, 0.15) is 57.4 Å². The standard InChI is InChI=1S/C17H24F2O/c1-2-4-13-5-3-9-17(20,10-8-13)12-14-6-7-15(18)11-16(14)19/h6-7,11,13,20H,2-5,8-10,12H2,1H3. The van der Waals surface area contributed by atoms with Crippen molar-refractivity contribution in [2.75, 3.05) is 0 Å². The van der Waals surface area contributed by atoms with E-state index < -0.39 is 17.2 Å². The summed E-state index contributed by atoms with van der Waals surface area (Å²) >= 11 is 0. The highest BCUT2D eigenvalue weighted by atomic mass is 19.1. The van der Waals surface area contributed by atoms with E-state index in [9.17, 15) is 13.9 Å². The smallest absolute Gasteiger partial charge is 0.129 e. The number of benzene rings is 1. The van der Waals surface area contributed by atoms with Crippen LogP contribution in [0.15, 0.2) is 18.2 Å². The van der Waals surface area contributed by atoms with Crippen molar-refractivity contribution >= 4 is 0 Å². The minimum absolute atomic E-state index is 0.290. The summed E-state index contributed by atoms with van der Waals surface area (Å²) in [4.78, 5) is 0. The largest absolute Gasteiger partial charge is 0.390 e. The zero-order chi connectivity index (χ0) is 14.6. The first kappa shape index (κ1) is 15.4. The van der Waals surface area contributed by atoms with Crippen LogP contribution in [0.2, 0.25) is 0 Å². The quantitative estimate of drug-likeness (QED) is 0.799. The molecule has 112 valence electrons. The Bertz CT molecular complexity index is 447. The van der Waals surface area contributed by atoms with Crippen LogP contribution in [0.5, 0.6) is 0 Å². The van der Waals surface area contributed by atoms with Gasteiger partial charge in [-0.1, -0.05) is 38.7 Å². The van der Waals surface area contributed by atoms with Crippen LogP contribution in [0.25, 0.3) is 0 Å². The molecule has 1 aliphatic rings. The molecule has 0 spiro atoms. The first-order chi connectivity index (χ1) is 9.52. The average Bonchev–Trinajstić information content (AvgIpc) is 2.57. The van der Waals surface area contributed by atoms with E-state index in [4.69, 9.17) is 0 Å². The SMILES string of the molecule is CCCC1CCCC(O)(Cc2ccc(F)cc2F)CC1. The van der Waals surface area contributed by atoms with Crippen molar-refractivity contribution in [3.63, 3.8) is 0 Å². The molecule has 0 heterocycles. The third-order valence-corrected chi connectivity index (χ3v) is 4.50. The van der Waals surface area contributed by atoms with Gasteiger partial charge in [0.1, 0.15) is 11.6 Å². The normalized spacial score (nSPS) is 27.3. The van der Waals surface area contributed by atoms with Gasteiger partial charge in [0.15, 0.2) is 0 Å². The van der Waals surface area contributed by atoms with E-state index in [0.29, 0.717) is 24.3 Å². The van der Waals surface area contributed by atoms with Crippen molar-refractivity contribution in [2.24, 2.45) is 5.92 Å². The lowest BCUT2D eigenvalue weighted by atomic mass is 9.86. The summed E-state index contributed by atoms with van der Waals surface area (Å²) in [6.07, 6.45) is 7.26. The lowest BCUT2D eigenvalue weighted by Gasteiger charge is -2.27. The molecule has 2 atom stereocenters. The molecule has 0 radical (unpaired) electrons. The Balaban J connectivity index is 2.03. The van der Waals surface area contributed by atoms with Crippen LogP contribution in [-0.4, -0.2) is 10.7 Å². The summed E-state index contributed by atoms with van der Waals surface area (Å²) in [5, 5.41) is 10.7. The number of hydrogen-bond acceptors (Lipinski definition) is 1. The van der Waals surface area contributed by atoms with Crippen LogP contribution in [0, 0.1) is 17.6 Å². The summed E-state index contributed by atoms with van der Waals surface area (Å²) in [6.45, 7) is 2.19. The molecule has 2 rings (SSSR count). The molecule has 0 aliphatic heterocycles. The van der Waals surface area contributed by atoms with Gasteiger partial charge in [0.2, 0.25) is 0 Å². The molecule has 1 N–H and O–H groups in total. The van der Waals surface area contributed by atoms with Crippen molar-refractivity contribution in [1.29, 1.82) is 0 Å². The fourth-order valence-electron chi connectivity index (χ4n) is 3.36. The third kappa shape index (κ3) is 4.02. The average molecular weight is 282 g/mol. The second-order valence-corrected chi connectivity index (χ2v) is 6.22. The fourth-order valence-corrected chi connectivity index (χ4v) is 3.36. The molecule has 0 aromatic heterocycles. The zero-order valence-corrected chi connectivity index (χ0v) is 12.2. The Kier molecular flexibility index (Phi) is 5.14. The topological polar surface area (TPSA) is 20.2 Å². The minimum Gasteiger partial charge on any atom is -0.390 e. The Morgan fingerprint density at radius 3 is 2.75 bits per heavy atom. The maximum Gasteiger partial charge on any atom is 0.129 e. The van der Waals surface area contributed by atoms with Gasteiger partial charge in [-0.15, -0.1) is 0 Å².